The Bertz CT molecular complexity index is 531. The number of furan rings is 1. The smallest absolute Gasteiger partial charge is 0.374 e. The molecule has 3 nitrogen and oxygen atoms in total. The van der Waals surface area contributed by atoms with Crippen molar-refractivity contribution in [2.75, 3.05) is 6.61 Å². The van der Waals surface area contributed by atoms with E-state index in [2.05, 4.69) is 0 Å². The molecule has 0 saturated carbocycles. The van der Waals surface area contributed by atoms with Crippen molar-refractivity contribution < 1.29 is 13.9 Å². The van der Waals surface area contributed by atoms with Crippen LogP contribution in [0.3, 0.4) is 0 Å². The third kappa shape index (κ3) is 2.68. The molecule has 0 unspecified atom stereocenters. The molecule has 2 rings (SSSR count). The number of carbonyl (C=O) groups excluding carboxylic acids is 1. The summed E-state index contributed by atoms with van der Waals surface area (Å²) in [5.74, 6) is 0.332. The van der Waals surface area contributed by atoms with Crippen molar-refractivity contribution in [1.29, 1.82) is 0 Å². The Morgan fingerprint density at radius 2 is 2.18 bits per heavy atom. The summed E-state index contributed by atoms with van der Waals surface area (Å²) in [4.78, 5) is 11.4. The molecule has 0 aliphatic rings. The van der Waals surface area contributed by atoms with Gasteiger partial charge in [0.1, 0.15) is 5.76 Å². The molecule has 17 heavy (non-hydrogen) atoms. The zero-order valence-electron chi connectivity index (χ0n) is 9.27. The first-order valence-corrected chi connectivity index (χ1v) is 5.61. The maximum atomic E-state index is 11.4. The highest BCUT2D eigenvalue weighted by Crippen LogP contribution is 2.24. The van der Waals surface area contributed by atoms with Gasteiger partial charge >= 0.3 is 5.97 Å². The van der Waals surface area contributed by atoms with Gasteiger partial charge < -0.3 is 9.15 Å². The summed E-state index contributed by atoms with van der Waals surface area (Å²) in [6.07, 6.45) is 0. The lowest BCUT2D eigenvalue weighted by atomic mass is 10.2. The fraction of sp³-hybridized carbons (Fsp3) is 0.154. The molecular formula is C13H11ClO3. The second-order valence-corrected chi connectivity index (χ2v) is 3.83. The van der Waals surface area contributed by atoms with Crippen LogP contribution in [-0.2, 0) is 4.74 Å². The third-order valence-electron chi connectivity index (χ3n) is 2.19. The molecular weight excluding hydrogens is 240 g/mol. The highest BCUT2D eigenvalue weighted by molar-refractivity contribution is 6.30. The second kappa shape index (κ2) is 5.06. The van der Waals surface area contributed by atoms with E-state index in [1.54, 1.807) is 31.2 Å². The first-order valence-electron chi connectivity index (χ1n) is 5.23. The van der Waals surface area contributed by atoms with Crippen LogP contribution in [0, 0.1) is 0 Å². The van der Waals surface area contributed by atoms with Gasteiger partial charge in [-0.2, -0.15) is 0 Å². The van der Waals surface area contributed by atoms with Crippen molar-refractivity contribution in [1.82, 2.24) is 0 Å². The molecule has 0 fully saturated rings. The predicted molar refractivity (Wildman–Crippen MR) is 65.1 cm³/mol. The summed E-state index contributed by atoms with van der Waals surface area (Å²) in [5, 5.41) is 0.622. The fourth-order valence-electron chi connectivity index (χ4n) is 1.45. The van der Waals surface area contributed by atoms with Gasteiger partial charge in [0.2, 0.25) is 5.76 Å². The Morgan fingerprint density at radius 1 is 1.35 bits per heavy atom. The Morgan fingerprint density at radius 3 is 2.88 bits per heavy atom. The number of halogens is 1. The topological polar surface area (TPSA) is 39.4 Å². The van der Waals surface area contributed by atoms with Crippen molar-refractivity contribution in [2.24, 2.45) is 0 Å². The van der Waals surface area contributed by atoms with Gasteiger partial charge in [-0.1, -0.05) is 23.7 Å². The minimum absolute atomic E-state index is 0.196. The predicted octanol–water partition coefficient (Wildman–Crippen LogP) is 3.78. The normalized spacial score (nSPS) is 10.2. The quantitative estimate of drug-likeness (QED) is 0.779. The van der Waals surface area contributed by atoms with Gasteiger partial charge in [-0.15, -0.1) is 0 Å². The lowest BCUT2D eigenvalue weighted by molar-refractivity contribution is 0.0491. The summed E-state index contributed by atoms with van der Waals surface area (Å²) in [6, 6.07) is 10.5. The number of hydrogen-bond donors (Lipinski definition) is 0. The third-order valence-corrected chi connectivity index (χ3v) is 2.43. The van der Waals surface area contributed by atoms with E-state index in [0.717, 1.165) is 5.56 Å². The van der Waals surface area contributed by atoms with Gasteiger partial charge in [0, 0.05) is 10.6 Å². The van der Waals surface area contributed by atoms with E-state index in [0.29, 0.717) is 17.4 Å². The Labute approximate surface area is 104 Å². The fourth-order valence-corrected chi connectivity index (χ4v) is 1.64. The minimum Gasteiger partial charge on any atom is -0.460 e. The highest BCUT2D eigenvalue weighted by Gasteiger charge is 2.12. The Hall–Kier alpha value is -1.74. The molecule has 0 spiro atoms. The SMILES string of the molecule is CCOC(=O)c1ccc(-c2cccc(Cl)c2)o1. The monoisotopic (exact) mass is 250 g/mol. The van der Waals surface area contributed by atoms with Crippen molar-refractivity contribution in [2.45, 2.75) is 6.92 Å². The standard InChI is InChI=1S/C13H11ClO3/c1-2-16-13(15)12-7-6-11(17-12)9-4-3-5-10(14)8-9/h3-8H,2H2,1H3. The maximum Gasteiger partial charge on any atom is 0.374 e. The minimum atomic E-state index is -0.458. The van der Waals surface area contributed by atoms with Crippen LogP contribution >= 0.6 is 11.6 Å². The Kier molecular flexibility index (Phi) is 3.49. The van der Waals surface area contributed by atoms with E-state index >= 15 is 0 Å². The molecule has 1 aromatic heterocycles. The van der Waals surface area contributed by atoms with Gasteiger partial charge in [-0.25, -0.2) is 4.79 Å². The van der Waals surface area contributed by atoms with Gasteiger partial charge in [-0.05, 0) is 31.2 Å². The van der Waals surface area contributed by atoms with Gasteiger partial charge in [0.15, 0.2) is 0 Å². The average Bonchev–Trinajstić information content (AvgIpc) is 2.78. The number of esters is 1. The van der Waals surface area contributed by atoms with E-state index in [4.69, 9.17) is 20.8 Å². The van der Waals surface area contributed by atoms with Gasteiger partial charge in [0.05, 0.1) is 6.61 Å². The number of carbonyl (C=O) groups is 1. The van der Waals surface area contributed by atoms with Crippen LogP contribution < -0.4 is 0 Å². The van der Waals surface area contributed by atoms with Crippen LogP contribution in [0.2, 0.25) is 5.02 Å². The second-order valence-electron chi connectivity index (χ2n) is 3.39. The molecule has 0 radical (unpaired) electrons. The van der Waals surface area contributed by atoms with Crippen LogP contribution in [0.4, 0.5) is 0 Å². The largest absolute Gasteiger partial charge is 0.460 e. The zero-order chi connectivity index (χ0) is 12.3. The molecule has 4 heteroatoms. The lowest BCUT2D eigenvalue weighted by Gasteiger charge is -1.98. The summed E-state index contributed by atoms with van der Waals surface area (Å²) in [5.41, 5.74) is 0.827. The average molecular weight is 251 g/mol. The van der Waals surface area contributed by atoms with Crippen molar-refractivity contribution in [3.8, 4) is 11.3 Å². The lowest BCUT2D eigenvalue weighted by Crippen LogP contribution is -2.02. The molecule has 0 N–H and O–H groups in total. The van der Waals surface area contributed by atoms with E-state index in [1.807, 2.05) is 12.1 Å². The van der Waals surface area contributed by atoms with Crippen LogP contribution in [0.25, 0.3) is 11.3 Å². The van der Waals surface area contributed by atoms with Crippen LogP contribution in [0.1, 0.15) is 17.5 Å². The van der Waals surface area contributed by atoms with Crippen molar-refractivity contribution >= 4 is 17.6 Å². The van der Waals surface area contributed by atoms with Crippen LogP contribution in [0.5, 0.6) is 0 Å². The summed E-state index contributed by atoms with van der Waals surface area (Å²) in [7, 11) is 0. The van der Waals surface area contributed by atoms with Gasteiger partial charge in [-0.3, -0.25) is 0 Å². The first kappa shape index (κ1) is 11.7. The Balaban J connectivity index is 2.27. The van der Waals surface area contributed by atoms with Crippen LogP contribution in [0.15, 0.2) is 40.8 Å². The highest BCUT2D eigenvalue weighted by atomic mass is 35.5. The van der Waals surface area contributed by atoms with E-state index in [9.17, 15) is 4.79 Å². The van der Waals surface area contributed by atoms with Crippen molar-refractivity contribution in [3.63, 3.8) is 0 Å². The molecule has 0 aliphatic carbocycles. The molecule has 0 bridgehead atoms. The molecule has 1 aromatic carbocycles. The van der Waals surface area contributed by atoms with Crippen LogP contribution in [-0.4, -0.2) is 12.6 Å². The van der Waals surface area contributed by atoms with E-state index in [-0.39, 0.29) is 5.76 Å². The summed E-state index contributed by atoms with van der Waals surface area (Å²) >= 11 is 5.88. The summed E-state index contributed by atoms with van der Waals surface area (Å²) in [6.45, 7) is 2.07. The molecule has 2 aromatic rings. The number of benzene rings is 1. The number of ether oxygens (including phenoxy) is 1. The molecule has 88 valence electrons. The molecule has 0 saturated heterocycles. The number of hydrogen-bond acceptors (Lipinski definition) is 3. The van der Waals surface area contributed by atoms with Gasteiger partial charge in [0.25, 0.3) is 0 Å². The molecule has 0 amide bonds. The van der Waals surface area contributed by atoms with E-state index < -0.39 is 5.97 Å². The first-order chi connectivity index (χ1) is 8.20. The summed E-state index contributed by atoms with van der Waals surface area (Å²) < 4.78 is 10.2. The molecule has 0 aliphatic heterocycles. The zero-order valence-corrected chi connectivity index (χ0v) is 10.0. The number of rotatable bonds is 3. The van der Waals surface area contributed by atoms with Crippen molar-refractivity contribution in [3.05, 3.63) is 47.2 Å². The molecule has 1 heterocycles. The molecule has 0 atom stereocenters. The maximum absolute atomic E-state index is 11.4. The van der Waals surface area contributed by atoms with E-state index in [1.165, 1.54) is 0 Å².